The van der Waals surface area contributed by atoms with Gasteiger partial charge in [0.15, 0.2) is 17.3 Å². The maximum absolute atomic E-state index is 13.8. The van der Waals surface area contributed by atoms with Gasteiger partial charge in [0, 0.05) is 28.3 Å². The number of rotatable bonds is 5. The summed E-state index contributed by atoms with van der Waals surface area (Å²) >= 11 is 6.10. The average Bonchev–Trinajstić information content (AvgIpc) is 3.04. The maximum Gasteiger partial charge on any atom is 0.203 e. The summed E-state index contributed by atoms with van der Waals surface area (Å²) in [6.07, 6.45) is 1.11. The summed E-state index contributed by atoms with van der Waals surface area (Å²) in [6.45, 7) is 0. The normalized spacial score (nSPS) is 19.0. The van der Waals surface area contributed by atoms with Gasteiger partial charge in [0.2, 0.25) is 5.75 Å². The Morgan fingerprint density at radius 3 is 2.23 bits per heavy atom. The quantitative estimate of drug-likeness (QED) is 0.434. The zero-order chi connectivity index (χ0) is 24.5. The Morgan fingerprint density at radius 2 is 1.54 bits per heavy atom. The molecule has 35 heavy (non-hydrogen) atoms. The van der Waals surface area contributed by atoms with Crippen LogP contribution in [0.5, 0.6) is 17.2 Å². The first kappa shape index (κ1) is 23.1. The number of ketones is 1. The number of benzene rings is 3. The van der Waals surface area contributed by atoms with E-state index in [2.05, 4.69) is 10.6 Å². The standard InChI is InChI=1S/C28H27ClN2O4/c1-33-24-13-12-19(27(34-2)28(24)35-3)26-25-22(30-20-6-4-5-7-21(20)31-26)14-17(15-23(25)32)16-8-10-18(29)11-9-16/h4-13,17,26,30-31H,14-15H2,1-3H3/t17-,26+/m0/s1. The van der Waals surface area contributed by atoms with Gasteiger partial charge in [-0.05, 0) is 54.3 Å². The van der Waals surface area contributed by atoms with Crippen LogP contribution in [0.1, 0.15) is 35.9 Å². The minimum absolute atomic E-state index is 0.0595. The Balaban J connectivity index is 1.66. The third-order valence-corrected chi connectivity index (χ3v) is 6.95. The third-order valence-electron chi connectivity index (χ3n) is 6.70. The fourth-order valence-corrected chi connectivity index (χ4v) is 5.17. The molecule has 6 nitrogen and oxygen atoms in total. The zero-order valence-corrected chi connectivity index (χ0v) is 20.6. The molecule has 3 aromatic rings. The molecule has 0 amide bonds. The van der Waals surface area contributed by atoms with Crippen molar-refractivity contribution in [3.8, 4) is 17.2 Å². The molecule has 0 radical (unpaired) electrons. The van der Waals surface area contributed by atoms with Crippen LogP contribution in [0.3, 0.4) is 0 Å². The first-order chi connectivity index (χ1) is 17.0. The molecule has 1 aliphatic carbocycles. The molecule has 0 aromatic heterocycles. The number of halogens is 1. The second-order valence-corrected chi connectivity index (χ2v) is 9.08. The molecule has 5 rings (SSSR count). The number of nitrogens with one attached hydrogen (secondary N) is 2. The Labute approximate surface area is 209 Å². The van der Waals surface area contributed by atoms with Crippen LogP contribution in [0.15, 0.2) is 71.9 Å². The average molecular weight is 491 g/mol. The molecular weight excluding hydrogens is 464 g/mol. The van der Waals surface area contributed by atoms with Gasteiger partial charge in [0.05, 0.1) is 38.7 Å². The van der Waals surface area contributed by atoms with Crippen molar-refractivity contribution in [2.24, 2.45) is 0 Å². The molecule has 1 aliphatic heterocycles. The van der Waals surface area contributed by atoms with E-state index in [4.69, 9.17) is 25.8 Å². The number of hydrogen-bond acceptors (Lipinski definition) is 6. The fourth-order valence-electron chi connectivity index (χ4n) is 5.05. The van der Waals surface area contributed by atoms with Gasteiger partial charge < -0.3 is 24.8 Å². The molecule has 2 aliphatic rings. The van der Waals surface area contributed by atoms with Crippen molar-refractivity contribution >= 4 is 28.8 Å². The number of methoxy groups -OCH3 is 3. The number of fused-ring (bicyclic) bond motifs is 1. The lowest BCUT2D eigenvalue weighted by Gasteiger charge is -2.31. The third kappa shape index (κ3) is 4.19. The molecule has 3 aromatic carbocycles. The van der Waals surface area contributed by atoms with E-state index < -0.39 is 6.04 Å². The van der Waals surface area contributed by atoms with E-state index in [9.17, 15) is 4.79 Å². The zero-order valence-electron chi connectivity index (χ0n) is 19.9. The molecule has 180 valence electrons. The number of para-hydroxylation sites is 2. The smallest absolute Gasteiger partial charge is 0.203 e. The summed E-state index contributed by atoms with van der Waals surface area (Å²) in [6, 6.07) is 19.1. The van der Waals surface area contributed by atoms with Crippen LogP contribution in [0.4, 0.5) is 11.4 Å². The molecule has 7 heteroatoms. The number of allylic oxidation sites excluding steroid dienone is 1. The lowest BCUT2D eigenvalue weighted by molar-refractivity contribution is -0.116. The van der Waals surface area contributed by atoms with E-state index in [1.54, 1.807) is 21.3 Å². The largest absolute Gasteiger partial charge is 0.493 e. The Bertz CT molecular complexity index is 1300. The summed E-state index contributed by atoms with van der Waals surface area (Å²) in [5.41, 5.74) is 5.33. The van der Waals surface area contributed by atoms with Crippen LogP contribution in [0.2, 0.25) is 5.02 Å². The summed E-state index contributed by atoms with van der Waals surface area (Å²) in [5, 5.41) is 7.84. The van der Waals surface area contributed by atoms with Gasteiger partial charge in [-0.15, -0.1) is 0 Å². The SMILES string of the molecule is COc1ccc([C@H]2Nc3ccccc3NC3=C2C(=O)C[C@@H](c2ccc(Cl)cc2)C3)c(OC)c1OC. The van der Waals surface area contributed by atoms with Gasteiger partial charge in [0.1, 0.15) is 0 Å². The van der Waals surface area contributed by atoms with Gasteiger partial charge in [-0.3, -0.25) is 4.79 Å². The van der Waals surface area contributed by atoms with Gasteiger partial charge >= 0.3 is 0 Å². The highest BCUT2D eigenvalue weighted by molar-refractivity contribution is 6.30. The number of carbonyl (C=O) groups is 1. The van der Waals surface area contributed by atoms with Crippen LogP contribution in [-0.4, -0.2) is 27.1 Å². The molecule has 1 heterocycles. The van der Waals surface area contributed by atoms with Gasteiger partial charge in [0.25, 0.3) is 0 Å². The van der Waals surface area contributed by atoms with Crippen molar-refractivity contribution in [1.29, 1.82) is 0 Å². The number of carbonyl (C=O) groups excluding carboxylic acids is 1. The predicted molar refractivity (Wildman–Crippen MR) is 138 cm³/mol. The topological polar surface area (TPSA) is 68.8 Å². The van der Waals surface area contributed by atoms with Gasteiger partial charge in [-0.25, -0.2) is 0 Å². The summed E-state index contributed by atoms with van der Waals surface area (Å²) in [4.78, 5) is 13.8. The van der Waals surface area contributed by atoms with Crippen LogP contribution in [0.25, 0.3) is 0 Å². The first-order valence-corrected chi connectivity index (χ1v) is 11.8. The second kappa shape index (κ2) is 9.55. The van der Waals surface area contributed by atoms with Gasteiger partial charge in [-0.1, -0.05) is 35.9 Å². The van der Waals surface area contributed by atoms with E-state index in [1.807, 2.05) is 60.7 Å². The van der Waals surface area contributed by atoms with Gasteiger partial charge in [-0.2, -0.15) is 0 Å². The number of anilines is 2. The molecule has 0 saturated heterocycles. The predicted octanol–water partition coefficient (Wildman–Crippen LogP) is 6.35. The molecule has 0 bridgehead atoms. The maximum atomic E-state index is 13.8. The summed E-state index contributed by atoms with van der Waals surface area (Å²) in [5.74, 6) is 1.73. The van der Waals surface area contributed by atoms with Crippen molar-refractivity contribution in [2.45, 2.75) is 24.8 Å². The molecular formula is C28H27ClN2O4. The van der Waals surface area contributed by atoms with Crippen LogP contribution < -0.4 is 24.8 Å². The minimum Gasteiger partial charge on any atom is -0.493 e. The molecule has 0 saturated carbocycles. The highest BCUT2D eigenvalue weighted by Crippen LogP contribution is 2.49. The number of Topliss-reactive ketones (excluding diaryl/α,β-unsaturated/α-hetero) is 1. The Kier molecular flexibility index (Phi) is 6.31. The van der Waals surface area contributed by atoms with E-state index in [1.165, 1.54) is 0 Å². The Hall–Kier alpha value is -3.64. The molecule has 2 atom stereocenters. The Morgan fingerprint density at radius 1 is 0.829 bits per heavy atom. The van der Waals surface area contributed by atoms with Crippen LogP contribution in [-0.2, 0) is 4.79 Å². The molecule has 2 N–H and O–H groups in total. The lowest BCUT2D eigenvalue weighted by Crippen LogP contribution is -2.27. The highest BCUT2D eigenvalue weighted by Gasteiger charge is 2.38. The van der Waals surface area contributed by atoms with E-state index in [0.717, 1.165) is 28.2 Å². The molecule has 0 spiro atoms. The van der Waals surface area contributed by atoms with Crippen molar-refractivity contribution in [2.75, 3.05) is 32.0 Å². The van der Waals surface area contributed by atoms with Crippen molar-refractivity contribution in [3.05, 3.63) is 88.1 Å². The van der Waals surface area contributed by atoms with Crippen molar-refractivity contribution in [1.82, 2.24) is 0 Å². The first-order valence-electron chi connectivity index (χ1n) is 11.5. The highest BCUT2D eigenvalue weighted by atomic mass is 35.5. The summed E-state index contributed by atoms with van der Waals surface area (Å²) < 4.78 is 16.9. The fraction of sp³-hybridized carbons (Fsp3) is 0.250. The number of ether oxygens (including phenoxy) is 3. The van der Waals surface area contributed by atoms with E-state index >= 15 is 0 Å². The second-order valence-electron chi connectivity index (χ2n) is 8.64. The van der Waals surface area contributed by atoms with Crippen LogP contribution in [0, 0.1) is 0 Å². The molecule has 0 unspecified atom stereocenters. The van der Waals surface area contributed by atoms with E-state index in [-0.39, 0.29) is 11.7 Å². The molecule has 0 fully saturated rings. The number of hydrogen-bond donors (Lipinski definition) is 2. The monoisotopic (exact) mass is 490 g/mol. The lowest BCUT2D eigenvalue weighted by atomic mass is 9.78. The van der Waals surface area contributed by atoms with Crippen molar-refractivity contribution in [3.63, 3.8) is 0 Å². The van der Waals surface area contributed by atoms with E-state index in [0.29, 0.717) is 40.7 Å². The minimum atomic E-state index is -0.436. The van der Waals surface area contributed by atoms with Crippen molar-refractivity contribution < 1.29 is 19.0 Å². The summed E-state index contributed by atoms with van der Waals surface area (Å²) in [7, 11) is 4.76. The van der Waals surface area contributed by atoms with Crippen LogP contribution >= 0.6 is 11.6 Å².